The molecule has 2 rings (SSSR count). The molecule has 0 saturated carbocycles. The van der Waals surface area contributed by atoms with Gasteiger partial charge in [0.15, 0.2) is 0 Å². The Morgan fingerprint density at radius 3 is 3.10 bits per heavy atom. The number of carbonyl (C=O) groups excluding carboxylic acids is 1. The molecule has 1 amide bonds. The topological polar surface area (TPSA) is 82.6 Å². The fourth-order valence-corrected chi connectivity index (χ4v) is 1.93. The molecule has 2 heterocycles. The molecule has 0 aliphatic carbocycles. The van der Waals surface area contributed by atoms with Crippen molar-refractivity contribution in [3.63, 3.8) is 0 Å². The number of aryl methyl sites for hydroxylation is 1. The smallest absolute Gasteiger partial charge is 0.318 e. The van der Waals surface area contributed by atoms with E-state index >= 15 is 0 Å². The van der Waals surface area contributed by atoms with Crippen LogP contribution in [0.2, 0.25) is 0 Å². The van der Waals surface area contributed by atoms with Crippen LogP contribution in [0.15, 0.2) is 6.07 Å². The normalized spacial score (nSPS) is 18.0. The highest BCUT2D eigenvalue weighted by molar-refractivity contribution is 5.90. The Balaban J connectivity index is 1.77. The predicted octanol–water partition coefficient (Wildman–Crippen LogP) is 0.928. The average molecular weight is 281 g/mol. The van der Waals surface area contributed by atoms with Crippen molar-refractivity contribution in [3.05, 3.63) is 11.8 Å². The Morgan fingerprint density at radius 2 is 2.40 bits per heavy atom. The number of carbonyl (C=O) groups is 1. The fourth-order valence-electron chi connectivity index (χ4n) is 1.93. The second-order valence-corrected chi connectivity index (χ2v) is 4.58. The molecule has 7 nitrogen and oxygen atoms in total. The molecule has 1 atom stereocenters. The molecule has 1 aliphatic heterocycles. The van der Waals surface area contributed by atoms with Crippen LogP contribution < -0.4 is 10.1 Å². The molecule has 7 heteroatoms. The van der Waals surface area contributed by atoms with Gasteiger partial charge >= 0.3 is 6.01 Å². The number of ether oxygens (including phenoxy) is 3. The van der Waals surface area contributed by atoms with Crippen molar-refractivity contribution in [2.75, 3.05) is 32.2 Å². The van der Waals surface area contributed by atoms with Crippen LogP contribution in [0.3, 0.4) is 0 Å². The molecule has 0 radical (unpaired) electrons. The van der Waals surface area contributed by atoms with Gasteiger partial charge in [-0.25, -0.2) is 4.98 Å². The van der Waals surface area contributed by atoms with Gasteiger partial charge in [-0.05, 0) is 19.8 Å². The molecule has 20 heavy (non-hydrogen) atoms. The van der Waals surface area contributed by atoms with Crippen LogP contribution in [0.1, 0.15) is 18.5 Å². The van der Waals surface area contributed by atoms with E-state index in [4.69, 9.17) is 14.2 Å². The third-order valence-electron chi connectivity index (χ3n) is 2.84. The molecule has 1 aromatic rings. The second-order valence-electron chi connectivity index (χ2n) is 4.58. The number of hydrogen-bond donors (Lipinski definition) is 1. The lowest BCUT2D eigenvalue weighted by Gasteiger charge is -2.10. The summed E-state index contributed by atoms with van der Waals surface area (Å²) in [5, 5.41) is 2.65. The SMILES string of the molecule is COc1nc(C)cc(NC(=O)COCC2CCCO2)n1. The highest BCUT2D eigenvalue weighted by atomic mass is 16.5. The maximum atomic E-state index is 11.7. The van der Waals surface area contributed by atoms with Gasteiger partial charge in [-0.2, -0.15) is 4.98 Å². The summed E-state index contributed by atoms with van der Waals surface area (Å²) in [4.78, 5) is 19.8. The summed E-state index contributed by atoms with van der Waals surface area (Å²) in [6.45, 7) is 3.00. The summed E-state index contributed by atoms with van der Waals surface area (Å²) in [5.41, 5.74) is 0.715. The zero-order valence-electron chi connectivity index (χ0n) is 11.7. The van der Waals surface area contributed by atoms with Gasteiger partial charge in [0.1, 0.15) is 12.4 Å². The molecule has 1 aromatic heterocycles. The summed E-state index contributed by atoms with van der Waals surface area (Å²) >= 11 is 0. The first kappa shape index (κ1) is 14.7. The molecular weight excluding hydrogens is 262 g/mol. The fraction of sp³-hybridized carbons (Fsp3) is 0.615. The first-order valence-electron chi connectivity index (χ1n) is 6.56. The lowest BCUT2D eigenvalue weighted by atomic mass is 10.2. The van der Waals surface area contributed by atoms with E-state index in [1.54, 1.807) is 13.0 Å². The molecular formula is C13H19N3O4. The second kappa shape index (κ2) is 7.16. The minimum atomic E-state index is -0.261. The van der Waals surface area contributed by atoms with Gasteiger partial charge in [0.2, 0.25) is 0 Å². The number of nitrogens with one attached hydrogen (secondary N) is 1. The Hall–Kier alpha value is -1.73. The molecule has 1 fully saturated rings. The van der Waals surface area contributed by atoms with Gasteiger partial charge in [0.25, 0.3) is 5.91 Å². The Kier molecular flexibility index (Phi) is 5.25. The quantitative estimate of drug-likeness (QED) is 0.835. The lowest BCUT2D eigenvalue weighted by molar-refractivity contribution is -0.121. The van der Waals surface area contributed by atoms with Crippen molar-refractivity contribution < 1.29 is 19.0 Å². The summed E-state index contributed by atoms with van der Waals surface area (Å²) in [6.07, 6.45) is 2.16. The minimum absolute atomic E-state index is 0.0226. The molecule has 1 saturated heterocycles. The first-order chi connectivity index (χ1) is 9.67. The van der Waals surface area contributed by atoms with Gasteiger partial charge in [0.05, 0.1) is 19.8 Å². The largest absolute Gasteiger partial charge is 0.467 e. The van der Waals surface area contributed by atoms with Gasteiger partial charge in [-0.1, -0.05) is 0 Å². The Bertz CT molecular complexity index is 461. The van der Waals surface area contributed by atoms with Crippen molar-refractivity contribution in [1.29, 1.82) is 0 Å². The zero-order valence-corrected chi connectivity index (χ0v) is 11.7. The Morgan fingerprint density at radius 1 is 1.55 bits per heavy atom. The van der Waals surface area contributed by atoms with Crippen LogP contribution in [-0.2, 0) is 14.3 Å². The zero-order chi connectivity index (χ0) is 14.4. The minimum Gasteiger partial charge on any atom is -0.467 e. The summed E-state index contributed by atoms with van der Waals surface area (Å²) in [6, 6.07) is 1.89. The van der Waals surface area contributed by atoms with Gasteiger partial charge in [-0.15, -0.1) is 0 Å². The van der Waals surface area contributed by atoms with Crippen molar-refractivity contribution in [2.24, 2.45) is 0 Å². The number of aromatic nitrogens is 2. The Labute approximate surface area is 117 Å². The van der Waals surface area contributed by atoms with E-state index in [1.807, 2.05) is 0 Å². The highest BCUT2D eigenvalue weighted by Crippen LogP contribution is 2.12. The van der Waals surface area contributed by atoms with Gasteiger partial charge in [0, 0.05) is 18.4 Å². The van der Waals surface area contributed by atoms with Crippen molar-refractivity contribution in [2.45, 2.75) is 25.9 Å². The molecule has 0 spiro atoms. The number of anilines is 1. The van der Waals surface area contributed by atoms with E-state index in [2.05, 4.69) is 15.3 Å². The monoisotopic (exact) mass is 281 g/mol. The molecule has 0 aromatic carbocycles. The van der Waals surface area contributed by atoms with Crippen molar-refractivity contribution in [3.8, 4) is 6.01 Å². The number of hydrogen-bond acceptors (Lipinski definition) is 6. The van der Waals surface area contributed by atoms with E-state index in [0.717, 1.165) is 19.4 Å². The third-order valence-corrected chi connectivity index (χ3v) is 2.84. The third kappa shape index (κ3) is 4.43. The van der Waals surface area contributed by atoms with Crippen LogP contribution in [0.25, 0.3) is 0 Å². The maximum absolute atomic E-state index is 11.7. The van der Waals surface area contributed by atoms with Crippen molar-refractivity contribution in [1.82, 2.24) is 9.97 Å². The van der Waals surface area contributed by atoms with E-state index in [-0.39, 0.29) is 24.6 Å². The highest BCUT2D eigenvalue weighted by Gasteiger charge is 2.16. The predicted molar refractivity (Wildman–Crippen MR) is 71.7 cm³/mol. The number of methoxy groups -OCH3 is 1. The molecule has 110 valence electrons. The molecule has 1 N–H and O–H groups in total. The van der Waals surface area contributed by atoms with Crippen molar-refractivity contribution >= 4 is 11.7 Å². The van der Waals surface area contributed by atoms with Crippen LogP contribution in [0, 0.1) is 6.92 Å². The number of amides is 1. The van der Waals surface area contributed by atoms with Crippen LogP contribution in [0.5, 0.6) is 6.01 Å². The summed E-state index contributed by atoms with van der Waals surface area (Å²) < 4.78 is 15.7. The van der Waals surface area contributed by atoms with E-state index in [1.165, 1.54) is 7.11 Å². The van der Waals surface area contributed by atoms with Crippen LogP contribution in [-0.4, -0.2) is 48.9 Å². The van der Waals surface area contributed by atoms with E-state index < -0.39 is 0 Å². The lowest BCUT2D eigenvalue weighted by Crippen LogP contribution is -2.23. The number of nitrogens with zero attached hydrogens (tertiary/aromatic N) is 2. The first-order valence-corrected chi connectivity index (χ1v) is 6.56. The van der Waals surface area contributed by atoms with Crippen LogP contribution >= 0.6 is 0 Å². The van der Waals surface area contributed by atoms with Gasteiger partial charge in [-0.3, -0.25) is 4.79 Å². The summed E-state index contributed by atoms with van der Waals surface area (Å²) in [5.74, 6) is 0.142. The van der Waals surface area contributed by atoms with Gasteiger partial charge < -0.3 is 19.5 Å². The maximum Gasteiger partial charge on any atom is 0.318 e. The van der Waals surface area contributed by atoms with Crippen LogP contribution in [0.4, 0.5) is 5.82 Å². The molecule has 0 bridgehead atoms. The summed E-state index contributed by atoms with van der Waals surface area (Å²) in [7, 11) is 1.48. The molecule has 1 unspecified atom stereocenters. The number of rotatable bonds is 6. The van der Waals surface area contributed by atoms with E-state index in [0.29, 0.717) is 18.1 Å². The molecule has 1 aliphatic rings. The van der Waals surface area contributed by atoms with E-state index in [9.17, 15) is 4.79 Å². The average Bonchev–Trinajstić information content (AvgIpc) is 2.91. The standard InChI is InChI=1S/C13H19N3O4/c1-9-6-11(16-13(14-9)18-2)15-12(17)8-19-7-10-4-3-5-20-10/h6,10H,3-5,7-8H2,1-2H3,(H,14,15,16,17).